The van der Waals surface area contributed by atoms with Crippen molar-refractivity contribution >= 4 is 0 Å². The van der Waals surface area contributed by atoms with E-state index in [9.17, 15) is 0 Å². The summed E-state index contributed by atoms with van der Waals surface area (Å²) in [6.45, 7) is 4.42. The minimum atomic E-state index is 0.631. The summed E-state index contributed by atoms with van der Waals surface area (Å²) in [4.78, 5) is 3.87. The molecule has 2 rings (SSSR count). The number of nitrogens with zero attached hydrogens (tertiary/aromatic N) is 3. The largest absolute Gasteiger partial charge is 0.463 e. The Balaban J connectivity index is 1.95. The number of aromatic nitrogens is 3. The van der Waals surface area contributed by atoms with Gasteiger partial charge in [-0.3, -0.25) is 0 Å². The minimum absolute atomic E-state index is 0.631. The van der Waals surface area contributed by atoms with Crippen LogP contribution in [0, 0.1) is 0 Å². The molecule has 5 heteroatoms. The highest BCUT2D eigenvalue weighted by Gasteiger charge is 2.02. The maximum absolute atomic E-state index is 5.61. The molecule has 0 saturated heterocycles. The van der Waals surface area contributed by atoms with E-state index in [0.29, 0.717) is 6.54 Å². The first-order chi connectivity index (χ1) is 7.38. The molecule has 0 aliphatic heterocycles. The summed E-state index contributed by atoms with van der Waals surface area (Å²) in [7, 11) is 0. The van der Waals surface area contributed by atoms with Gasteiger partial charge in [0.1, 0.15) is 30.7 Å². The van der Waals surface area contributed by atoms with E-state index in [1.165, 1.54) is 6.33 Å². The summed E-state index contributed by atoms with van der Waals surface area (Å²) < 4.78 is 7.34. The zero-order valence-electron chi connectivity index (χ0n) is 8.68. The monoisotopic (exact) mass is 206 g/mol. The standard InChI is InChI=1S/C10H14N4O/c1-2-11-5-9-3-4-10(15-9)6-14-8-12-7-13-14/h3-4,7-8,11H,2,5-6H2,1H3. The van der Waals surface area contributed by atoms with Crippen LogP contribution in [0.3, 0.4) is 0 Å². The van der Waals surface area contributed by atoms with Crippen LogP contribution in [0.4, 0.5) is 0 Å². The molecule has 15 heavy (non-hydrogen) atoms. The van der Waals surface area contributed by atoms with E-state index < -0.39 is 0 Å². The van der Waals surface area contributed by atoms with Gasteiger partial charge in [-0.1, -0.05) is 6.92 Å². The summed E-state index contributed by atoms with van der Waals surface area (Å²) in [5, 5.41) is 7.22. The highest BCUT2D eigenvalue weighted by Crippen LogP contribution is 2.08. The highest BCUT2D eigenvalue weighted by molar-refractivity contribution is 5.07. The molecule has 0 atom stereocenters. The fourth-order valence-corrected chi connectivity index (χ4v) is 1.32. The summed E-state index contributed by atoms with van der Waals surface area (Å²) in [5.74, 6) is 1.85. The van der Waals surface area contributed by atoms with Gasteiger partial charge in [0, 0.05) is 0 Å². The van der Waals surface area contributed by atoms with Crippen LogP contribution in [-0.4, -0.2) is 21.3 Å². The Morgan fingerprint density at radius 3 is 3.00 bits per heavy atom. The van der Waals surface area contributed by atoms with Crippen molar-refractivity contribution in [3.63, 3.8) is 0 Å². The lowest BCUT2D eigenvalue weighted by Crippen LogP contribution is -2.10. The third-order valence-electron chi connectivity index (χ3n) is 2.05. The van der Waals surface area contributed by atoms with Crippen molar-refractivity contribution in [2.45, 2.75) is 20.0 Å². The Kier molecular flexibility index (Phi) is 3.14. The molecule has 0 bridgehead atoms. The van der Waals surface area contributed by atoms with Crippen molar-refractivity contribution in [3.8, 4) is 0 Å². The van der Waals surface area contributed by atoms with E-state index in [4.69, 9.17) is 4.42 Å². The second-order valence-electron chi connectivity index (χ2n) is 3.24. The van der Waals surface area contributed by atoms with E-state index in [1.807, 2.05) is 12.1 Å². The minimum Gasteiger partial charge on any atom is -0.463 e. The molecule has 0 saturated carbocycles. The zero-order valence-corrected chi connectivity index (χ0v) is 8.68. The molecule has 0 unspecified atom stereocenters. The van der Waals surface area contributed by atoms with E-state index in [-0.39, 0.29) is 0 Å². The van der Waals surface area contributed by atoms with Crippen LogP contribution >= 0.6 is 0 Å². The quantitative estimate of drug-likeness (QED) is 0.793. The van der Waals surface area contributed by atoms with Gasteiger partial charge >= 0.3 is 0 Å². The van der Waals surface area contributed by atoms with E-state index in [1.54, 1.807) is 11.0 Å². The lowest BCUT2D eigenvalue weighted by molar-refractivity contribution is 0.432. The smallest absolute Gasteiger partial charge is 0.137 e. The van der Waals surface area contributed by atoms with Crippen LogP contribution in [0.25, 0.3) is 0 Å². The molecule has 0 aliphatic rings. The topological polar surface area (TPSA) is 55.9 Å². The van der Waals surface area contributed by atoms with Crippen LogP contribution in [0.5, 0.6) is 0 Å². The van der Waals surface area contributed by atoms with Gasteiger partial charge in [-0.05, 0) is 18.7 Å². The molecular formula is C10H14N4O. The van der Waals surface area contributed by atoms with Crippen molar-refractivity contribution in [2.24, 2.45) is 0 Å². The van der Waals surface area contributed by atoms with Gasteiger partial charge in [0.05, 0.1) is 6.54 Å². The van der Waals surface area contributed by atoms with Crippen molar-refractivity contribution in [2.75, 3.05) is 6.54 Å². The first-order valence-corrected chi connectivity index (χ1v) is 4.99. The molecule has 0 fully saturated rings. The van der Waals surface area contributed by atoms with Crippen LogP contribution < -0.4 is 5.32 Å². The summed E-state index contributed by atoms with van der Waals surface area (Å²) in [6.07, 6.45) is 3.19. The van der Waals surface area contributed by atoms with Crippen LogP contribution in [0.1, 0.15) is 18.4 Å². The number of hydrogen-bond acceptors (Lipinski definition) is 4. The van der Waals surface area contributed by atoms with Crippen molar-refractivity contribution in [3.05, 3.63) is 36.3 Å². The van der Waals surface area contributed by atoms with Gasteiger partial charge in [-0.15, -0.1) is 0 Å². The van der Waals surface area contributed by atoms with Crippen molar-refractivity contribution in [1.29, 1.82) is 0 Å². The Hall–Kier alpha value is -1.62. The number of hydrogen-bond donors (Lipinski definition) is 1. The molecule has 0 aliphatic carbocycles. The molecule has 1 N–H and O–H groups in total. The Bertz CT molecular complexity index is 393. The molecule has 80 valence electrons. The fourth-order valence-electron chi connectivity index (χ4n) is 1.32. The van der Waals surface area contributed by atoms with E-state index >= 15 is 0 Å². The molecule has 2 aromatic heterocycles. The van der Waals surface area contributed by atoms with Crippen LogP contribution in [0.15, 0.2) is 29.2 Å². The average molecular weight is 206 g/mol. The lowest BCUT2D eigenvalue weighted by atomic mass is 10.4. The number of rotatable bonds is 5. The molecule has 0 spiro atoms. The second-order valence-corrected chi connectivity index (χ2v) is 3.24. The lowest BCUT2D eigenvalue weighted by Gasteiger charge is -1.98. The molecule has 5 nitrogen and oxygen atoms in total. The third-order valence-corrected chi connectivity index (χ3v) is 2.05. The van der Waals surface area contributed by atoms with Crippen LogP contribution in [0.2, 0.25) is 0 Å². The molecule has 0 aromatic carbocycles. The third kappa shape index (κ3) is 2.66. The van der Waals surface area contributed by atoms with Crippen molar-refractivity contribution in [1.82, 2.24) is 20.1 Å². The highest BCUT2D eigenvalue weighted by atomic mass is 16.3. The molecule has 0 amide bonds. The average Bonchev–Trinajstić information content (AvgIpc) is 2.87. The predicted molar refractivity (Wildman–Crippen MR) is 55.2 cm³/mol. The number of furan rings is 1. The first kappa shape index (κ1) is 9.92. The summed E-state index contributed by atoms with van der Waals surface area (Å²) in [5.41, 5.74) is 0. The maximum atomic E-state index is 5.61. The molecule has 2 heterocycles. The first-order valence-electron chi connectivity index (χ1n) is 4.99. The molecule has 2 aromatic rings. The van der Waals surface area contributed by atoms with Gasteiger partial charge in [-0.25, -0.2) is 9.67 Å². The van der Waals surface area contributed by atoms with Gasteiger partial charge in [0.2, 0.25) is 0 Å². The Labute approximate surface area is 88.1 Å². The van der Waals surface area contributed by atoms with Gasteiger partial charge in [0.15, 0.2) is 0 Å². The van der Waals surface area contributed by atoms with E-state index in [2.05, 4.69) is 22.3 Å². The van der Waals surface area contributed by atoms with E-state index in [0.717, 1.165) is 24.6 Å². The zero-order chi connectivity index (χ0) is 10.5. The van der Waals surface area contributed by atoms with Gasteiger partial charge in [0.25, 0.3) is 0 Å². The second kappa shape index (κ2) is 4.75. The maximum Gasteiger partial charge on any atom is 0.137 e. The normalized spacial score (nSPS) is 10.7. The van der Waals surface area contributed by atoms with Crippen molar-refractivity contribution < 1.29 is 4.42 Å². The van der Waals surface area contributed by atoms with Gasteiger partial charge in [-0.2, -0.15) is 5.10 Å². The summed E-state index contributed by atoms with van der Waals surface area (Å²) in [6, 6.07) is 3.95. The predicted octanol–water partition coefficient (Wildman–Crippen LogP) is 1.03. The Morgan fingerprint density at radius 1 is 1.40 bits per heavy atom. The SMILES string of the molecule is CCNCc1ccc(Cn2cncn2)o1. The molecular weight excluding hydrogens is 192 g/mol. The molecule has 0 radical (unpaired) electrons. The Morgan fingerprint density at radius 2 is 2.27 bits per heavy atom. The fraction of sp³-hybridized carbons (Fsp3) is 0.400. The number of nitrogens with one attached hydrogen (secondary N) is 1. The van der Waals surface area contributed by atoms with Gasteiger partial charge < -0.3 is 9.73 Å². The summed E-state index contributed by atoms with van der Waals surface area (Å²) >= 11 is 0. The van der Waals surface area contributed by atoms with Crippen LogP contribution in [-0.2, 0) is 13.1 Å².